The molecule has 0 saturated carbocycles. The maximum atomic E-state index is 12.4. The minimum Gasteiger partial charge on any atom is -0.379 e. The molecule has 0 aromatic heterocycles. The van der Waals surface area contributed by atoms with Gasteiger partial charge in [-0.2, -0.15) is 0 Å². The second-order valence-corrected chi connectivity index (χ2v) is 8.19. The third kappa shape index (κ3) is 7.66. The number of ether oxygens (including phenoxy) is 1. The van der Waals surface area contributed by atoms with E-state index in [0.29, 0.717) is 13.0 Å². The Balaban J connectivity index is 1.47. The van der Waals surface area contributed by atoms with Crippen molar-refractivity contribution in [2.45, 2.75) is 26.4 Å². The van der Waals surface area contributed by atoms with Gasteiger partial charge in [-0.15, -0.1) is 0 Å². The van der Waals surface area contributed by atoms with E-state index in [9.17, 15) is 4.79 Å². The highest BCUT2D eigenvalue weighted by molar-refractivity contribution is 5.90. The monoisotopic (exact) mass is 437 g/mol. The molecule has 7 nitrogen and oxygen atoms in total. The van der Waals surface area contributed by atoms with Crippen molar-refractivity contribution in [1.29, 1.82) is 0 Å². The molecule has 1 fully saturated rings. The fourth-order valence-electron chi connectivity index (χ4n) is 3.68. The standard InChI is InChI=1S/C25H35N5O2/c1-20-7-9-21(10-8-20)19-29(3)25(26-2)27-18-22-5-4-6-23(17-22)28-24(31)11-12-30-13-15-32-16-14-30/h4-10,17H,11-16,18-19H2,1-3H3,(H,26,27)(H,28,31). The lowest BCUT2D eigenvalue weighted by atomic mass is 10.1. The van der Waals surface area contributed by atoms with Crippen LogP contribution in [0.1, 0.15) is 23.1 Å². The first kappa shape index (κ1) is 23.8. The second kappa shape index (κ2) is 12.2. The first-order valence-corrected chi connectivity index (χ1v) is 11.2. The van der Waals surface area contributed by atoms with Gasteiger partial charge in [0.15, 0.2) is 5.96 Å². The summed E-state index contributed by atoms with van der Waals surface area (Å²) in [7, 11) is 3.82. The fourth-order valence-corrected chi connectivity index (χ4v) is 3.68. The van der Waals surface area contributed by atoms with Gasteiger partial charge in [0.1, 0.15) is 0 Å². The summed E-state index contributed by atoms with van der Waals surface area (Å²) >= 11 is 0. The molecule has 172 valence electrons. The van der Waals surface area contributed by atoms with Crippen molar-refractivity contribution < 1.29 is 9.53 Å². The summed E-state index contributed by atoms with van der Waals surface area (Å²) in [6.07, 6.45) is 0.485. The van der Waals surface area contributed by atoms with Crippen LogP contribution in [-0.2, 0) is 22.6 Å². The van der Waals surface area contributed by atoms with Crippen LogP contribution in [0.4, 0.5) is 5.69 Å². The number of nitrogens with zero attached hydrogens (tertiary/aromatic N) is 3. The molecule has 0 radical (unpaired) electrons. The Morgan fingerprint density at radius 2 is 1.88 bits per heavy atom. The molecule has 7 heteroatoms. The lowest BCUT2D eigenvalue weighted by Crippen LogP contribution is -2.38. The Morgan fingerprint density at radius 3 is 2.59 bits per heavy atom. The number of morpholine rings is 1. The van der Waals surface area contributed by atoms with Crippen molar-refractivity contribution in [2.75, 3.05) is 52.3 Å². The summed E-state index contributed by atoms with van der Waals surface area (Å²) in [6.45, 7) is 7.55. The van der Waals surface area contributed by atoms with Crippen LogP contribution in [0.15, 0.2) is 53.5 Å². The van der Waals surface area contributed by atoms with E-state index in [4.69, 9.17) is 4.74 Å². The summed E-state index contributed by atoms with van der Waals surface area (Å²) in [6, 6.07) is 16.5. The van der Waals surface area contributed by atoms with Crippen LogP contribution >= 0.6 is 0 Å². The number of rotatable bonds is 8. The van der Waals surface area contributed by atoms with Gasteiger partial charge in [0, 0.05) is 58.9 Å². The topological polar surface area (TPSA) is 69.2 Å². The molecule has 0 aliphatic carbocycles. The van der Waals surface area contributed by atoms with Gasteiger partial charge in [-0.25, -0.2) is 0 Å². The number of nitrogens with one attached hydrogen (secondary N) is 2. The minimum atomic E-state index is 0.0373. The average Bonchev–Trinajstić information content (AvgIpc) is 2.80. The van der Waals surface area contributed by atoms with Gasteiger partial charge in [-0.05, 0) is 30.2 Å². The molecule has 1 saturated heterocycles. The van der Waals surface area contributed by atoms with E-state index < -0.39 is 0 Å². The molecular weight excluding hydrogens is 402 g/mol. The zero-order valence-electron chi connectivity index (χ0n) is 19.4. The van der Waals surface area contributed by atoms with Gasteiger partial charge in [-0.1, -0.05) is 42.0 Å². The second-order valence-electron chi connectivity index (χ2n) is 8.19. The SMILES string of the molecule is CN=C(NCc1cccc(NC(=O)CCN2CCOCC2)c1)N(C)Cc1ccc(C)cc1. The number of aryl methyl sites for hydroxylation is 1. The van der Waals surface area contributed by atoms with E-state index in [1.165, 1.54) is 11.1 Å². The molecule has 2 N–H and O–H groups in total. The molecule has 1 amide bonds. The number of hydrogen-bond acceptors (Lipinski definition) is 4. The van der Waals surface area contributed by atoms with Gasteiger partial charge >= 0.3 is 0 Å². The molecule has 1 aliphatic heterocycles. The van der Waals surface area contributed by atoms with Crippen LogP contribution in [0.2, 0.25) is 0 Å². The van der Waals surface area contributed by atoms with Crippen LogP contribution < -0.4 is 10.6 Å². The zero-order valence-corrected chi connectivity index (χ0v) is 19.4. The minimum absolute atomic E-state index is 0.0373. The highest BCUT2D eigenvalue weighted by Crippen LogP contribution is 2.12. The normalized spacial score (nSPS) is 14.8. The molecule has 32 heavy (non-hydrogen) atoms. The van der Waals surface area contributed by atoms with Crippen LogP contribution in [-0.4, -0.2) is 68.6 Å². The third-order valence-electron chi connectivity index (χ3n) is 5.53. The third-order valence-corrected chi connectivity index (χ3v) is 5.53. The van der Waals surface area contributed by atoms with Gasteiger partial charge in [-0.3, -0.25) is 14.7 Å². The van der Waals surface area contributed by atoms with Gasteiger partial charge in [0.25, 0.3) is 0 Å². The van der Waals surface area contributed by atoms with E-state index in [1.807, 2.05) is 31.3 Å². The summed E-state index contributed by atoms with van der Waals surface area (Å²) in [4.78, 5) is 21.1. The first-order chi connectivity index (χ1) is 15.5. The summed E-state index contributed by atoms with van der Waals surface area (Å²) < 4.78 is 5.35. The zero-order chi connectivity index (χ0) is 22.8. The fraction of sp³-hybridized carbons (Fsp3) is 0.440. The van der Waals surface area contributed by atoms with Crippen molar-refractivity contribution in [2.24, 2.45) is 4.99 Å². The molecule has 2 aromatic carbocycles. The highest BCUT2D eigenvalue weighted by atomic mass is 16.5. The summed E-state index contributed by atoms with van der Waals surface area (Å²) in [5.74, 6) is 0.862. The van der Waals surface area contributed by atoms with Crippen molar-refractivity contribution in [3.8, 4) is 0 Å². The quantitative estimate of drug-likeness (QED) is 0.491. The number of hydrogen-bond donors (Lipinski definition) is 2. The Hall–Kier alpha value is -2.90. The van der Waals surface area contributed by atoms with E-state index in [-0.39, 0.29) is 5.91 Å². The van der Waals surface area contributed by atoms with E-state index in [1.54, 1.807) is 7.05 Å². The number of benzene rings is 2. The molecule has 0 atom stereocenters. The molecule has 0 spiro atoms. The largest absolute Gasteiger partial charge is 0.379 e. The number of anilines is 1. The Bertz CT molecular complexity index is 891. The van der Waals surface area contributed by atoms with E-state index in [2.05, 4.69) is 56.6 Å². The van der Waals surface area contributed by atoms with Crippen molar-refractivity contribution in [1.82, 2.24) is 15.1 Å². The molecule has 3 rings (SSSR count). The van der Waals surface area contributed by atoms with Gasteiger partial charge in [0.05, 0.1) is 13.2 Å². The lowest BCUT2D eigenvalue weighted by Gasteiger charge is -2.26. The maximum absolute atomic E-state index is 12.4. The smallest absolute Gasteiger partial charge is 0.225 e. The predicted molar refractivity (Wildman–Crippen MR) is 130 cm³/mol. The maximum Gasteiger partial charge on any atom is 0.225 e. The first-order valence-electron chi connectivity index (χ1n) is 11.2. The molecule has 2 aromatic rings. The summed E-state index contributed by atoms with van der Waals surface area (Å²) in [5, 5.41) is 6.43. The van der Waals surface area contributed by atoms with Crippen molar-refractivity contribution in [3.63, 3.8) is 0 Å². The van der Waals surface area contributed by atoms with Crippen molar-refractivity contribution >= 4 is 17.6 Å². The number of guanidine groups is 1. The predicted octanol–water partition coefficient (Wildman–Crippen LogP) is 2.86. The molecule has 1 heterocycles. The number of carbonyl (C=O) groups is 1. The van der Waals surface area contributed by atoms with E-state index in [0.717, 1.165) is 56.6 Å². The molecule has 0 unspecified atom stereocenters. The number of carbonyl (C=O) groups excluding carboxylic acids is 1. The van der Waals surface area contributed by atoms with Gasteiger partial charge in [0.2, 0.25) is 5.91 Å². The molecular formula is C25H35N5O2. The molecule has 1 aliphatic rings. The van der Waals surface area contributed by atoms with Gasteiger partial charge < -0.3 is 20.3 Å². The summed E-state index contributed by atoms with van der Waals surface area (Å²) in [5.41, 5.74) is 4.40. The molecule has 0 bridgehead atoms. The van der Waals surface area contributed by atoms with Crippen LogP contribution in [0.5, 0.6) is 0 Å². The number of aliphatic imine (C=N–C) groups is 1. The Labute approximate surface area is 191 Å². The van der Waals surface area contributed by atoms with E-state index >= 15 is 0 Å². The Kier molecular flexibility index (Phi) is 9.07. The average molecular weight is 438 g/mol. The highest BCUT2D eigenvalue weighted by Gasteiger charge is 2.12. The Morgan fingerprint density at radius 1 is 1.12 bits per heavy atom. The van der Waals surface area contributed by atoms with Crippen molar-refractivity contribution in [3.05, 3.63) is 65.2 Å². The lowest BCUT2D eigenvalue weighted by molar-refractivity contribution is -0.116. The van der Waals surface area contributed by atoms with Crippen LogP contribution in [0.25, 0.3) is 0 Å². The number of amides is 1. The van der Waals surface area contributed by atoms with Crippen LogP contribution in [0, 0.1) is 6.92 Å². The van der Waals surface area contributed by atoms with Crippen LogP contribution in [0.3, 0.4) is 0 Å².